The first-order valence-corrected chi connectivity index (χ1v) is 7.62. The van der Waals surface area contributed by atoms with E-state index in [4.69, 9.17) is 0 Å². The lowest BCUT2D eigenvalue weighted by molar-refractivity contribution is -0.145. The van der Waals surface area contributed by atoms with E-state index in [2.05, 4.69) is 13.8 Å². The summed E-state index contributed by atoms with van der Waals surface area (Å²) in [5.74, 6) is 0.130. The Morgan fingerprint density at radius 2 is 1.90 bits per heavy atom. The molecular formula is C19H24O2. The molecular weight excluding hydrogens is 260 g/mol. The van der Waals surface area contributed by atoms with Crippen LogP contribution in [0.25, 0.3) is 6.08 Å². The second-order valence-corrected chi connectivity index (χ2v) is 6.92. The third-order valence-electron chi connectivity index (χ3n) is 4.59. The van der Waals surface area contributed by atoms with E-state index in [1.54, 1.807) is 6.92 Å². The maximum absolute atomic E-state index is 12.4. The van der Waals surface area contributed by atoms with Gasteiger partial charge in [-0.05, 0) is 37.2 Å². The number of ketones is 2. The number of hydrogen-bond acceptors (Lipinski definition) is 2. The summed E-state index contributed by atoms with van der Waals surface area (Å²) in [5.41, 5.74) is 0.339. The molecule has 2 rings (SSSR count). The summed E-state index contributed by atoms with van der Waals surface area (Å²) in [6, 6.07) is 9.97. The lowest BCUT2D eigenvalue weighted by atomic mass is 9.60. The third kappa shape index (κ3) is 3.49. The molecule has 0 radical (unpaired) electrons. The summed E-state index contributed by atoms with van der Waals surface area (Å²) in [6.45, 7) is 5.87. The molecule has 0 aliphatic heterocycles. The zero-order chi connectivity index (χ0) is 15.5. The molecule has 1 aromatic rings. The monoisotopic (exact) mass is 284 g/mol. The van der Waals surface area contributed by atoms with Gasteiger partial charge in [0.2, 0.25) is 0 Å². The highest BCUT2D eigenvalue weighted by molar-refractivity contribution is 6.06. The smallest absolute Gasteiger partial charge is 0.146 e. The van der Waals surface area contributed by atoms with Crippen LogP contribution in [0, 0.1) is 10.8 Å². The molecule has 1 saturated carbocycles. The number of benzene rings is 1. The minimum atomic E-state index is -0.812. The van der Waals surface area contributed by atoms with Crippen LogP contribution in [0.4, 0.5) is 0 Å². The summed E-state index contributed by atoms with van der Waals surface area (Å²) in [5, 5.41) is 0. The van der Waals surface area contributed by atoms with Crippen LogP contribution in [0.5, 0.6) is 0 Å². The molecule has 0 saturated heterocycles. The van der Waals surface area contributed by atoms with Crippen LogP contribution < -0.4 is 0 Å². The zero-order valence-electron chi connectivity index (χ0n) is 13.2. The fraction of sp³-hybridized carbons (Fsp3) is 0.474. The van der Waals surface area contributed by atoms with Gasteiger partial charge in [-0.2, -0.15) is 0 Å². The third-order valence-corrected chi connectivity index (χ3v) is 4.59. The van der Waals surface area contributed by atoms with Crippen molar-refractivity contribution in [1.82, 2.24) is 0 Å². The molecule has 0 amide bonds. The topological polar surface area (TPSA) is 34.1 Å². The van der Waals surface area contributed by atoms with Gasteiger partial charge >= 0.3 is 0 Å². The molecule has 0 spiro atoms. The second kappa shape index (κ2) is 5.97. The maximum Gasteiger partial charge on any atom is 0.146 e. The Balaban J connectivity index is 2.21. The number of allylic oxidation sites excluding steroid dienone is 1. The predicted octanol–water partition coefficient (Wildman–Crippen LogP) is 4.44. The highest BCUT2D eigenvalue weighted by atomic mass is 16.2. The highest BCUT2D eigenvalue weighted by Gasteiger charge is 2.48. The number of carbonyl (C=O) groups is 2. The Morgan fingerprint density at radius 1 is 1.24 bits per heavy atom. The van der Waals surface area contributed by atoms with E-state index < -0.39 is 5.41 Å². The number of rotatable bonds is 4. The molecule has 2 heteroatoms. The van der Waals surface area contributed by atoms with Gasteiger partial charge < -0.3 is 0 Å². The molecule has 1 atom stereocenters. The summed E-state index contributed by atoms with van der Waals surface area (Å²) in [6.07, 6.45) is 6.55. The standard InChI is InChI=1S/C19H24O2/c1-15(20)19(14-18(2,3)13-11-17(19)21)12-7-10-16-8-5-4-6-9-16/h4-10H,11-14H2,1-3H3/b10-7+/t19-/m1/s1. The van der Waals surface area contributed by atoms with Gasteiger partial charge in [0.05, 0.1) is 5.41 Å². The molecule has 112 valence electrons. The van der Waals surface area contributed by atoms with Crippen LogP contribution in [0.2, 0.25) is 0 Å². The molecule has 0 heterocycles. The fourth-order valence-electron chi connectivity index (χ4n) is 3.31. The first kappa shape index (κ1) is 15.7. The van der Waals surface area contributed by atoms with Crippen molar-refractivity contribution in [2.24, 2.45) is 10.8 Å². The van der Waals surface area contributed by atoms with Gasteiger partial charge in [-0.1, -0.05) is 56.3 Å². The Kier molecular flexibility index (Phi) is 4.46. The maximum atomic E-state index is 12.4. The molecule has 0 aromatic heterocycles. The average Bonchev–Trinajstić information content (AvgIpc) is 2.43. The van der Waals surface area contributed by atoms with Crippen molar-refractivity contribution >= 4 is 17.6 Å². The summed E-state index contributed by atoms with van der Waals surface area (Å²) < 4.78 is 0. The van der Waals surface area contributed by atoms with E-state index in [0.717, 1.165) is 12.0 Å². The molecule has 2 nitrogen and oxygen atoms in total. The largest absolute Gasteiger partial charge is 0.299 e. The van der Waals surface area contributed by atoms with E-state index in [1.807, 2.05) is 42.5 Å². The summed E-state index contributed by atoms with van der Waals surface area (Å²) in [4.78, 5) is 24.6. The van der Waals surface area contributed by atoms with E-state index >= 15 is 0 Å². The SMILES string of the molecule is CC(=O)[C@@]1(C/C=C/c2ccccc2)CC(C)(C)CCC1=O. The van der Waals surface area contributed by atoms with Crippen molar-refractivity contribution in [1.29, 1.82) is 0 Å². The molecule has 0 unspecified atom stereocenters. The first-order valence-electron chi connectivity index (χ1n) is 7.62. The van der Waals surface area contributed by atoms with Crippen LogP contribution in [0.1, 0.15) is 52.0 Å². The van der Waals surface area contributed by atoms with Crippen molar-refractivity contribution in [3.05, 3.63) is 42.0 Å². The van der Waals surface area contributed by atoms with Crippen LogP contribution >= 0.6 is 0 Å². The Hall–Kier alpha value is -1.70. The fourth-order valence-corrected chi connectivity index (χ4v) is 3.31. The molecule has 0 bridgehead atoms. The van der Waals surface area contributed by atoms with E-state index in [9.17, 15) is 9.59 Å². The highest BCUT2D eigenvalue weighted by Crippen LogP contribution is 2.46. The van der Waals surface area contributed by atoms with Crippen LogP contribution in [0.3, 0.4) is 0 Å². The van der Waals surface area contributed by atoms with Crippen molar-refractivity contribution < 1.29 is 9.59 Å². The average molecular weight is 284 g/mol. The van der Waals surface area contributed by atoms with E-state index in [1.165, 1.54) is 0 Å². The number of hydrogen-bond donors (Lipinski definition) is 0. The molecule has 1 fully saturated rings. The second-order valence-electron chi connectivity index (χ2n) is 6.92. The Bertz CT molecular complexity index is 554. The predicted molar refractivity (Wildman–Crippen MR) is 85.8 cm³/mol. The first-order chi connectivity index (χ1) is 9.86. The Morgan fingerprint density at radius 3 is 2.52 bits per heavy atom. The van der Waals surface area contributed by atoms with Gasteiger partial charge in [0, 0.05) is 6.42 Å². The van der Waals surface area contributed by atoms with E-state index in [0.29, 0.717) is 19.3 Å². The van der Waals surface area contributed by atoms with Crippen molar-refractivity contribution in [2.45, 2.75) is 46.5 Å². The molecule has 21 heavy (non-hydrogen) atoms. The van der Waals surface area contributed by atoms with Gasteiger partial charge in [0.1, 0.15) is 11.6 Å². The minimum Gasteiger partial charge on any atom is -0.299 e. The van der Waals surface area contributed by atoms with Gasteiger partial charge in [0.15, 0.2) is 0 Å². The number of carbonyl (C=O) groups excluding carboxylic acids is 2. The quantitative estimate of drug-likeness (QED) is 0.766. The van der Waals surface area contributed by atoms with Crippen LogP contribution in [-0.2, 0) is 9.59 Å². The molecule has 1 aromatic carbocycles. The van der Waals surface area contributed by atoms with Gasteiger partial charge in [-0.3, -0.25) is 9.59 Å². The minimum absolute atomic E-state index is 0.0120. The van der Waals surface area contributed by atoms with Gasteiger partial charge in [0.25, 0.3) is 0 Å². The van der Waals surface area contributed by atoms with Gasteiger partial charge in [-0.15, -0.1) is 0 Å². The molecule has 0 N–H and O–H groups in total. The number of Topliss-reactive ketones (excluding diaryl/α,β-unsaturated/α-hetero) is 2. The summed E-state index contributed by atoms with van der Waals surface area (Å²) >= 11 is 0. The van der Waals surface area contributed by atoms with E-state index in [-0.39, 0.29) is 17.0 Å². The van der Waals surface area contributed by atoms with Crippen molar-refractivity contribution in [3.8, 4) is 0 Å². The normalized spacial score (nSPS) is 25.2. The Labute approximate surface area is 127 Å². The lowest BCUT2D eigenvalue weighted by Crippen LogP contribution is -2.45. The molecule has 1 aliphatic rings. The van der Waals surface area contributed by atoms with Crippen LogP contribution in [0.15, 0.2) is 36.4 Å². The molecule has 1 aliphatic carbocycles. The van der Waals surface area contributed by atoms with Crippen molar-refractivity contribution in [2.75, 3.05) is 0 Å². The zero-order valence-corrected chi connectivity index (χ0v) is 13.2. The van der Waals surface area contributed by atoms with Gasteiger partial charge in [-0.25, -0.2) is 0 Å². The van der Waals surface area contributed by atoms with Crippen LogP contribution in [-0.4, -0.2) is 11.6 Å². The summed E-state index contributed by atoms with van der Waals surface area (Å²) in [7, 11) is 0. The van der Waals surface area contributed by atoms with Crippen molar-refractivity contribution in [3.63, 3.8) is 0 Å². The lowest BCUT2D eigenvalue weighted by Gasteiger charge is -2.41.